The lowest BCUT2D eigenvalue weighted by Crippen LogP contribution is -2.08. The first-order valence-electron chi connectivity index (χ1n) is 13.0. The van der Waals surface area contributed by atoms with Gasteiger partial charge in [-0.25, -0.2) is 33.8 Å². The van der Waals surface area contributed by atoms with Crippen LogP contribution in [-0.4, -0.2) is 0 Å². The summed E-state index contributed by atoms with van der Waals surface area (Å²) in [6, 6.07) is 14.8. The number of fused-ring (bicyclic) bond motifs is 2. The van der Waals surface area contributed by atoms with E-state index < -0.39 is 96.1 Å². The van der Waals surface area contributed by atoms with Gasteiger partial charge in [0.05, 0.1) is 54.6 Å². The molecule has 0 aromatic heterocycles. The number of benzene rings is 3. The lowest BCUT2D eigenvalue weighted by atomic mass is 9.90. The molecule has 0 saturated heterocycles. The molecule has 0 bridgehead atoms. The fourth-order valence-corrected chi connectivity index (χ4v) is 5.65. The van der Waals surface area contributed by atoms with Gasteiger partial charge in [-0.3, -0.25) is 0 Å². The van der Waals surface area contributed by atoms with Crippen LogP contribution in [0.4, 0.5) is 22.0 Å². The standard InChI is InChI=1S/C35H10F5N7/c1-16-5-7-17(8-6-16)25-28(23(15-44)46-3)30-31(34(25)47-4)33(37)29-26(32(30)36)20(13-42)24(27(29)22(14-43)45-2)18-9-10-19(12-41)21(11-18)35(38,39)40/h5-11H,1H3/b27-22-,28-23+. The maximum absolute atomic E-state index is 17.0. The van der Waals surface area contributed by atoms with E-state index in [9.17, 15) is 34.2 Å². The van der Waals surface area contributed by atoms with Gasteiger partial charge >= 0.3 is 6.18 Å². The molecule has 0 atom stereocenters. The summed E-state index contributed by atoms with van der Waals surface area (Å²) in [6.07, 6.45) is -5.08. The van der Waals surface area contributed by atoms with E-state index in [4.69, 9.17) is 19.7 Å². The SMILES string of the molecule is [C-]#[N+]C1=C(c2ccc(C)cc2)/C(=C(/C#N)[N+]#[C-])c2c(F)c3c(c(F)c21)/C(=C(/C#N)[N+]#[C-])C(c1ccc(C#N)c(C(F)(F)F)c1)=C3C#N. The predicted octanol–water partition coefficient (Wildman–Crippen LogP) is 8.72. The molecule has 0 amide bonds. The lowest BCUT2D eigenvalue weighted by molar-refractivity contribution is -0.137. The van der Waals surface area contributed by atoms with E-state index >= 15 is 8.78 Å². The van der Waals surface area contributed by atoms with Gasteiger partial charge in [0, 0.05) is 27.8 Å². The summed E-state index contributed by atoms with van der Waals surface area (Å²) in [6.45, 7) is 24.8. The van der Waals surface area contributed by atoms with E-state index in [0.717, 1.165) is 17.7 Å². The third-order valence-corrected chi connectivity index (χ3v) is 7.56. The van der Waals surface area contributed by atoms with Crippen molar-refractivity contribution in [3.8, 4) is 24.3 Å². The molecule has 220 valence electrons. The number of aryl methyl sites for hydroxylation is 1. The number of alkyl halides is 3. The number of rotatable bonds is 2. The Bertz CT molecular complexity index is 2390. The first kappa shape index (κ1) is 31.1. The van der Waals surface area contributed by atoms with Crippen molar-refractivity contribution < 1.29 is 22.0 Å². The van der Waals surface area contributed by atoms with Gasteiger partial charge in [0.2, 0.25) is 5.70 Å². The molecule has 12 heteroatoms. The third-order valence-electron chi connectivity index (χ3n) is 7.56. The molecule has 3 aromatic rings. The van der Waals surface area contributed by atoms with Crippen molar-refractivity contribution in [3.63, 3.8) is 0 Å². The smallest absolute Gasteiger partial charge is 0.237 e. The lowest BCUT2D eigenvalue weighted by Gasteiger charge is -2.15. The Labute approximate surface area is 263 Å². The Kier molecular flexibility index (Phi) is 7.50. The van der Waals surface area contributed by atoms with Crippen LogP contribution in [0.15, 0.2) is 53.9 Å². The number of hydrogen-bond acceptors (Lipinski definition) is 4. The second kappa shape index (κ2) is 11.3. The zero-order valence-corrected chi connectivity index (χ0v) is 23.6. The minimum absolute atomic E-state index is 0.148. The summed E-state index contributed by atoms with van der Waals surface area (Å²) in [7, 11) is 0. The van der Waals surface area contributed by atoms with Crippen molar-refractivity contribution in [2.24, 2.45) is 0 Å². The molecule has 0 N–H and O–H groups in total. The van der Waals surface area contributed by atoms with E-state index in [1.54, 1.807) is 31.2 Å². The van der Waals surface area contributed by atoms with Crippen LogP contribution in [0.2, 0.25) is 0 Å². The number of allylic oxidation sites excluding steroid dienone is 7. The molecule has 7 nitrogen and oxygen atoms in total. The zero-order chi connectivity index (χ0) is 34.4. The zero-order valence-electron chi connectivity index (χ0n) is 23.6. The van der Waals surface area contributed by atoms with Crippen LogP contribution in [0, 0.1) is 83.6 Å². The molecule has 2 aliphatic rings. The van der Waals surface area contributed by atoms with Crippen LogP contribution in [-0.2, 0) is 6.18 Å². The Morgan fingerprint density at radius 2 is 1.23 bits per heavy atom. The molecular weight excluding hydrogens is 613 g/mol. The molecule has 0 aliphatic heterocycles. The van der Waals surface area contributed by atoms with Gasteiger partial charge in [0.15, 0.2) is 0 Å². The van der Waals surface area contributed by atoms with Crippen LogP contribution < -0.4 is 0 Å². The van der Waals surface area contributed by atoms with Crippen LogP contribution in [0.25, 0.3) is 48.1 Å². The second-order valence-corrected chi connectivity index (χ2v) is 9.96. The van der Waals surface area contributed by atoms with E-state index in [-0.39, 0.29) is 11.1 Å². The minimum atomic E-state index is -5.08. The van der Waals surface area contributed by atoms with Gasteiger partial charge in [-0.2, -0.15) is 23.7 Å². The third kappa shape index (κ3) is 4.49. The molecule has 0 radical (unpaired) electrons. The maximum atomic E-state index is 17.0. The summed E-state index contributed by atoms with van der Waals surface area (Å²) < 4.78 is 75.8. The van der Waals surface area contributed by atoms with Gasteiger partial charge < -0.3 is 0 Å². The molecule has 3 aromatic carbocycles. The van der Waals surface area contributed by atoms with Crippen molar-refractivity contribution in [1.82, 2.24) is 0 Å². The molecule has 0 fully saturated rings. The topological polar surface area (TPSA) is 108 Å². The Balaban J connectivity index is 2.02. The van der Waals surface area contributed by atoms with Gasteiger partial charge in [0.25, 0.3) is 11.4 Å². The number of hydrogen-bond donors (Lipinski definition) is 0. The van der Waals surface area contributed by atoms with Crippen molar-refractivity contribution in [1.29, 1.82) is 21.0 Å². The second-order valence-electron chi connectivity index (χ2n) is 9.96. The molecule has 0 saturated carbocycles. The summed E-state index contributed by atoms with van der Waals surface area (Å²) in [5, 5.41) is 39.2. The maximum Gasteiger partial charge on any atom is 0.417 e. The number of nitrogens with zero attached hydrogens (tertiary/aromatic N) is 7. The highest BCUT2D eigenvalue weighted by Crippen LogP contribution is 2.57. The van der Waals surface area contributed by atoms with Crippen molar-refractivity contribution in [2.45, 2.75) is 13.1 Å². The van der Waals surface area contributed by atoms with Crippen molar-refractivity contribution in [2.75, 3.05) is 0 Å². The highest BCUT2D eigenvalue weighted by molar-refractivity contribution is 6.29. The van der Waals surface area contributed by atoms with Crippen molar-refractivity contribution in [3.05, 3.63) is 150 Å². The highest BCUT2D eigenvalue weighted by Gasteiger charge is 2.44. The fourth-order valence-electron chi connectivity index (χ4n) is 5.65. The predicted molar refractivity (Wildman–Crippen MR) is 158 cm³/mol. The minimum Gasteiger partial charge on any atom is -0.237 e. The Morgan fingerprint density at radius 3 is 1.72 bits per heavy atom. The first-order chi connectivity index (χ1) is 22.4. The van der Waals surface area contributed by atoms with Gasteiger partial charge in [-0.1, -0.05) is 35.9 Å². The number of nitriles is 4. The average molecular weight is 624 g/mol. The molecule has 2 aliphatic carbocycles. The molecule has 5 rings (SSSR count). The monoisotopic (exact) mass is 623 g/mol. The number of halogens is 5. The normalized spacial score (nSPS) is 15.2. The summed E-state index contributed by atoms with van der Waals surface area (Å²) in [5.41, 5.74) is -9.54. The van der Waals surface area contributed by atoms with Gasteiger partial charge in [0.1, 0.15) is 17.7 Å². The summed E-state index contributed by atoms with van der Waals surface area (Å²) in [5.74, 6) is -2.80. The van der Waals surface area contributed by atoms with E-state index in [1.807, 2.05) is 0 Å². The fraction of sp³-hybridized carbons (Fsp3) is 0.0571. The molecule has 47 heavy (non-hydrogen) atoms. The van der Waals surface area contributed by atoms with Crippen LogP contribution in [0.1, 0.15) is 50.1 Å². The Morgan fingerprint density at radius 1 is 0.702 bits per heavy atom. The first-order valence-corrected chi connectivity index (χ1v) is 13.0. The van der Waals surface area contributed by atoms with Crippen LogP contribution in [0.5, 0.6) is 0 Å². The molecule has 0 spiro atoms. The van der Waals surface area contributed by atoms with Crippen molar-refractivity contribution >= 4 is 33.6 Å². The van der Waals surface area contributed by atoms with Crippen LogP contribution >= 0.6 is 0 Å². The largest absolute Gasteiger partial charge is 0.417 e. The molecule has 0 heterocycles. The quantitative estimate of drug-likeness (QED) is 0.162. The summed E-state index contributed by atoms with van der Waals surface area (Å²) >= 11 is 0. The highest BCUT2D eigenvalue weighted by atomic mass is 19.4. The van der Waals surface area contributed by atoms with Gasteiger partial charge in [-0.05, 0) is 46.9 Å². The molecule has 0 unspecified atom stereocenters. The van der Waals surface area contributed by atoms with E-state index in [2.05, 4.69) is 14.5 Å². The summed E-state index contributed by atoms with van der Waals surface area (Å²) in [4.78, 5) is 9.67. The average Bonchev–Trinajstić information content (AvgIpc) is 3.59. The van der Waals surface area contributed by atoms with Gasteiger partial charge in [-0.15, -0.1) is 0 Å². The van der Waals surface area contributed by atoms with E-state index in [0.29, 0.717) is 6.07 Å². The Hall–Kier alpha value is -7.30. The van der Waals surface area contributed by atoms with E-state index in [1.165, 1.54) is 24.3 Å². The molecular formula is C35H10F5N7. The van der Waals surface area contributed by atoms with Crippen LogP contribution in [0.3, 0.4) is 0 Å².